The second kappa shape index (κ2) is 8.89. The number of halogens is 1. The van der Waals surface area contributed by atoms with Crippen LogP contribution in [0.5, 0.6) is 11.5 Å². The zero-order valence-corrected chi connectivity index (χ0v) is 17.6. The minimum absolute atomic E-state index is 0.0474. The van der Waals surface area contributed by atoms with Gasteiger partial charge in [0.05, 0.1) is 16.6 Å². The second-order valence-corrected chi connectivity index (χ2v) is 9.67. The molecule has 0 N–H and O–H groups in total. The van der Waals surface area contributed by atoms with Gasteiger partial charge in [-0.15, -0.1) is 0 Å². The monoisotopic (exact) mass is 439 g/mol. The number of ether oxygens (including phenoxy) is 1. The number of hydrogen-bond acceptors (Lipinski definition) is 4. The Labute approximate surface area is 181 Å². The van der Waals surface area contributed by atoms with Gasteiger partial charge in [0.1, 0.15) is 17.3 Å². The molecule has 3 aromatic carbocycles. The van der Waals surface area contributed by atoms with Crippen LogP contribution in [0.3, 0.4) is 0 Å². The van der Waals surface area contributed by atoms with E-state index in [1.165, 1.54) is 23.1 Å². The Balaban J connectivity index is 1.58. The molecule has 160 valence electrons. The Morgan fingerprint density at radius 2 is 1.58 bits per heavy atom. The van der Waals surface area contributed by atoms with Crippen molar-refractivity contribution in [1.29, 1.82) is 0 Å². The molecule has 0 radical (unpaired) electrons. The maximum Gasteiger partial charge on any atom is 0.257 e. The van der Waals surface area contributed by atoms with E-state index in [4.69, 9.17) is 4.74 Å². The summed E-state index contributed by atoms with van der Waals surface area (Å²) in [6, 6.07) is 21.9. The van der Waals surface area contributed by atoms with Gasteiger partial charge < -0.3 is 9.64 Å². The summed E-state index contributed by atoms with van der Waals surface area (Å²) in [7, 11) is -3.61. The summed E-state index contributed by atoms with van der Waals surface area (Å²) in [5, 5.41) is -0.970. The van der Waals surface area contributed by atoms with Gasteiger partial charge in [-0.05, 0) is 36.8 Å². The van der Waals surface area contributed by atoms with Crippen molar-refractivity contribution in [3.05, 3.63) is 95.8 Å². The van der Waals surface area contributed by atoms with Gasteiger partial charge in [0, 0.05) is 18.7 Å². The molecular weight excluding hydrogens is 417 g/mol. The van der Waals surface area contributed by atoms with Crippen LogP contribution in [0.2, 0.25) is 0 Å². The summed E-state index contributed by atoms with van der Waals surface area (Å²) in [6.07, 6.45) is 0.136. The number of para-hydroxylation sites is 2. The maximum absolute atomic E-state index is 14.3. The largest absolute Gasteiger partial charge is 0.457 e. The van der Waals surface area contributed by atoms with Gasteiger partial charge >= 0.3 is 0 Å². The van der Waals surface area contributed by atoms with E-state index in [0.29, 0.717) is 17.1 Å². The van der Waals surface area contributed by atoms with Crippen LogP contribution in [0.25, 0.3) is 0 Å². The van der Waals surface area contributed by atoms with Gasteiger partial charge in [0.2, 0.25) is 0 Å². The maximum atomic E-state index is 14.3. The second-order valence-electron chi connectivity index (χ2n) is 7.37. The van der Waals surface area contributed by atoms with E-state index in [2.05, 4.69) is 0 Å². The van der Waals surface area contributed by atoms with Crippen molar-refractivity contribution >= 4 is 15.7 Å². The number of carbonyl (C=O) groups excluding carboxylic acids is 1. The van der Waals surface area contributed by atoms with Crippen molar-refractivity contribution in [2.45, 2.75) is 11.7 Å². The average Bonchev–Trinajstić information content (AvgIpc) is 2.93. The highest BCUT2D eigenvalue weighted by atomic mass is 32.2. The number of sulfone groups is 1. The fourth-order valence-electron chi connectivity index (χ4n) is 3.75. The Morgan fingerprint density at radius 3 is 2.35 bits per heavy atom. The quantitative estimate of drug-likeness (QED) is 0.595. The fourth-order valence-corrected chi connectivity index (χ4v) is 5.55. The van der Waals surface area contributed by atoms with Gasteiger partial charge in [-0.1, -0.05) is 48.5 Å². The standard InChI is InChI=1S/C24H22FNO4S/c25-21-12-6-4-10-19(21)23-14-15-26(16-17-31(23,28)29)24(27)20-11-5-7-13-22(20)30-18-8-2-1-3-9-18/h1-13,23H,14-17H2. The highest BCUT2D eigenvalue weighted by Gasteiger charge is 2.34. The van der Waals surface area contributed by atoms with E-state index >= 15 is 0 Å². The van der Waals surface area contributed by atoms with Gasteiger partial charge in [0.15, 0.2) is 9.84 Å². The zero-order chi connectivity index (χ0) is 21.8. The zero-order valence-electron chi connectivity index (χ0n) is 16.8. The van der Waals surface area contributed by atoms with Crippen LogP contribution in [0.15, 0.2) is 78.9 Å². The third-order valence-corrected chi connectivity index (χ3v) is 7.48. The molecule has 1 heterocycles. The molecule has 0 aromatic heterocycles. The molecule has 0 bridgehead atoms. The molecule has 1 amide bonds. The van der Waals surface area contributed by atoms with E-state index < -0.39 is 20.9 Å². The first kappa shape index (κ1) is 21.1. The molecule has 5 nitrogen and oxygen atoms in total. The molecule has 31 heavy (non-hydrogen) atoms. The van der Waals surface area contributed by atoms with E-state index in [1.807, 2.05) is 18.2 Å². The summed E-state index contributed by atoms with van der Waals surface area (Å²) in [5.74, 6) is -0.0787. The van der Waals surface area contributed by atoms with Crippen molar-refractivity contribution < 1.29 is 22.3 Å². The summed E-state index contributed by atoms with van der Waals surface area (Å²) in [5.41, 5.74) is 0.512. The molecular formula is C24H22FNO4S. The van der Waals surface area contributed by atoms with Crippen LogP contribution in [0.1, 0.15) is 27.6 Å². The molecule has 4 rings (SSSR count). The van der Waals surface area contributed by atoms with Crippen molar-refractivity contribution in [1.82, 2.24) is 4.90 Å². The Morgan fingerprint density at radius 1 is 0.903 bits per heavy atom. The lowest BCUT2D eigenvalue weighted by Gasteiger charge is -2.21. The summed E-state index contributed by atoms with van der Waals surface area (Å²) >= 11 is 0. The van der Waals surface area contributed by atoms with E-state index in [0.717, 1.165) is 0 Å². The lowest BCUT2D eigenvalue weighted by atomic mass is 10.1. The Kier molecular flexibility index (Phi) is 6.04. The Hall–Kier alpha value is -3.19. The average molecular weight is 440 g/mol. The first-order chi connectivity index (χ1) is 15.0. The van der Waals surface area contributed by atoms with Gasteiger partial charge in [-0.3, -0.25) is 4.79 Å². The van der Waals surface area contributed by atoms with E-state index in [-0.39, 0.29) is 36.7 Å². The third kappa shape index (κ3) is 4.61. The van der Waals surface area contributed by atoms with E-state index in [1.54, 1.807) is 42.5 Å². The number of amides is 1. The minimum atomic E-state index is -3.61. The Bertz CT molecular complexity index is 1180. The minimum Gasteiger partial charge on any atom is -0.457 e. The number of rotatable bonds is 4. The van der Waals surface area contributed by atoms with Crippen molar-refractivity contribution in [2.75, 3.05) is 18.8 Å². The molecule has 0 aliphatic carbocycles. The predicted octanol–water partition coefficient (Wildman–Crippen LogP) is 4.62. The topological polar surface area (TPSA) is 63.7 Å². The lowest BCUT2D eigenvalue weighted by Crippen LogP contribution is -2.33. The highest BCUT2D eigenvalue weighted by Crippen LogP contribution is 2.32. The molecule has 0 saturated carbocycles. The van der Waals surface area contributed by atoms with E-state index in [9.17, 15) is 17.6 Å². The van der Waals surface area contributed by atoms with Crippen LogP contribution in [0, 0.1) is 5.82 Å². The van der Waals surface area contributed by atoms with Crippen LogP contribution in [0.4, 0.5) is 4.39 Å². The van der Waals surface area contributed by atoms with Gasteiger partial charge in [-0.25, -0.2) is 12.8 Å². The molecule has 0 spiro atoms. The summed E-state index contributed by atoms with van der Waals surface area (Å²) in [4.78, 5) is 14.8. The van der Waals surface area contributed by atoms with Crippen LogP contribution >= 0.6 is 0 Å². The van der Waals surface area contributed by atoms with Crippen molar-refractivity contribution in [3.8, 4) is 11.5 Å². The first-order valence-electron chi connectivity index (χ1n) is 10.0. The molecule has 3 aromatic rings. The van der Waals surface area contributed by atoms with Crippen LogP contribution in [-0.4, -0.2) is 38.1 Å². The predicted molar refractivity (Wildman–Crippen MR) is 116 cm³/mol. The van der Waals surface area contributed by atoms with Crippen LogP contribution < -0.4 is 4.74 Å². The number of carbonyl (C=O) groups is 1. The summed E-state index contributed by atoms with van der Waals surface area (Å²) in [6.45, 7) is 0.253. The number of nitrogens with zero attached hydrogens (tertiary/aromatic N) is 1. The van der Waals surface area contributed by atoms with Crippen LogP contribution in [-0.2, 0) is 9.84 Å². The van der Waals surface area contributed by atoms with Crippen molar-refractivity contribution in [2.24, 2.45) is 0 Å². The molecule has 1 aliphatic heterocycles. The molecule has 1 saturated heterocycles. The summed E-state index contributed by atoms with van der Waals surface area (Å²) < 4.78 is 45.8. The fraction of sp³-hybridized carbons (Fsp3) is 0.208. The molecule has 1 fully saturated rings. The molecule has 1 unspecified atom stereocenters. The molecule has 1 aliphatic rings. The number of benzene rings is 3. The smallest absolute Gasteiger partial charge is 0.257 e. The number of hydrogen-bond donors (Lipinski definition) is 0. The normalized spacial score (nSPS) is 18.2. The molecule has 7 heteroatoms. The first-order valence-corrected chi connectivity index (χ1v) is 11.7. The third-order valence-electron chi connectivity index (χ3n) is 5.37. The van der Waals surface area contributed by atoms with Gasteiger partial charge in [0.25, 0.3) is 5.91 Å². The SMILES string of the molecule is O=C(c1ccccc1Oc1ccccc1)N1CCC(c2ccccc2F)S(=O)(=O)CC1. The highest BCUT2D eigenvalue weighted by molar-refractivity contribution is 7.91. The van der Waals surface area contributed by atoms with Gasteiger partial charge in [-0.2, -0.15) is 0 Å². The molecule has 1 atom stereocenters. The van der Waals surface area contributed by atoms with Crippen molar-refractivity contribution in [3.63, 3.8) is 0 Å². The lowest BCUT2D eigenvalue weighted by molar-refractivity contribution is 0.0764.